The first-order valence-electron chi connectivity index (χ1n) is 5.41. The zero-order chi connectivity index (χ0) is 13.8. The number of hydrogen-bond acceptors (Lipinski definition) is 5. The maximum atomic E-state index is 12.1. The molecule has 0 spiro atoms. The summed E-state index contributed by atoms with van der Waals surface area (Å²) in [4.78, 5) is 24.0. The number of carbonyl (C=O) groups is 2. The summed E-state index contributed by atoms with van der Waals surface area (Å²) in [5, 5.41) is 21.4. The predicted octanol–water partition coefficient (Wildman–Crippen LogP) is 0.240. The lowest BCUT2D eigenvalue weighted by Crippen LogP contribution is -2.36. The smallest absolute Gasteiger partial charge is 0.323 e. The number of aromatic nitrogens is 4. The summed E-state index contributed by atoms with van der Waals surface area (Å²) in [6.07, 6.45) is 0. The summed E-state index contributed by atoms with van der Waals surface area (Å²) in [5.74, 6) is -1.93. The molecule has 1 aromatic heterocycles. The van der Waals surface area contributed by atoms with Crippen molar-refractivity contribution < 1.29 is 14.7 Å². The van der Waals surface area contributed by atoms with Gasteiger partial charge >= 0.3 is 5.97 Å². The number of H-pyrrole nitrogens is 1. The Morgan fingerprint density at radius 3 is 2.53 bits per heavy atom. The molecule has 0 saturated heterocycles. The molecule has 2 N–H and O–H groups in total. The molecule has 1 aromatic carbocycles. The number of nitrogens with one attached hydrogen (secondary N) is 1. The van der Waals surface area contributed by atoms with E-state index < -0.39 is 18.4 Å². The van der Waals surface area contributed by atoms with Gasteiger partial charge < -0.3 is 5.11 Å². The monoisotopic (exact) mass is 261 g/mol. The van der Waals surface area contributed by atoms with Crippen molar-refractivity contribution in [2.45, 2.75) is 6.92 Å². The molecule has 1 amide bonds. The largest absolute Gasteiger partial charge is 0.480 e. The Hall–Kier alpha value is -2.77. The van der Waals surface area contributed by atoms with Crippen LogP contribution >= 0.6 is 0 Å². The van der Waals surface area contributed by atoms with Crippen LogP contribution in [0.15, 0.2) is 24.3 Å². The van der Waals surface area contributed by atoms with Crippen LogP contribution in [-0.4, -0.2) is 44.2 Å². The van der Waals surface area contributed by atoms with Crippen LogP contribution in [0, 0.1) is 6.92 Å². The fourth-order valence-corrected chi connectivity index (χ4v) is 1.51. The molecule has 8 nitrogen and oxygen atoms in total. The van der Waals surface area contributed by atoms with Crippen LogP contribution < -0.4 is 4.90 Å². The number of aryl methyl sites for hydroxylation is 1. The maximum Gasteiger partial charge on any atom is 0.323 e. The number of aromatic amines is 1. The fraction of sp³-hybridized carbons (Fsp3) is 0.182. The third-order valence-electron chi connectivity index (χ3n) is 2.42. The Balaban J connectivity index is 2.33. The van der Waals surface area contributed by atoms with E-state index >= 15 is 0 Å². The molecule has 0 aliphatic heterocycles. The van der Waals surface area contributed by atoms with Gasteiger partial charge in [0, 0.05) is 5.69 Å². The van der Waals surface area contributed by atoms with Gasteiger partial charge in [-0.25, -0.2) is 0 Å². The molecule has 0 aliphatic rings. The molecule has 19 heavy (non-hydrogen) atoms. The van der Waals surface area contributed by atoms with E-state index in [0.29, 0.717) is 5.69 Å². The van der Waals surface area contributed by atoms with E-state index in [1.807, 2.05) is 6.92 Å². The molecule has 98 valence electrons. The van der Waals surface area contributed by atoms with Gasteiger partial charge in [0.1, 0.15) is 6.54 Å². The Morgan fingerprint density at radius 2 is 2.00 bits per heavy atom. The average Bonchev–Trinajstić information content (AvgIpc) is 2.90. The number of carboxylic acid groups (broad SMARTS) is 1. The van der Waals surface area contributed by atoms with Crippen molar-refractivity contribution in [3.63, 3.8) is 0 Å². The molecule has 0 atom stereocenters. The third kappa shape index (κ3) is 2.92. The van der Waals surface area contributed by atoms with Gasteiger partial charge in [0.15, 0.2) is 0 Å². The minimum absolute atomic E-state index is 0.179. The van der Waals surface area contributed by atoms with Crippen molar-refractivity contribution in [2.75, 3.05) is 11.4 Å². The summed E-state index contributed by atoms with van der Waals surface area (Å²) in [7, 11) is 0. The maximum absolute atomic E-state index is 12.1. The molecular formula is C11H11N5O3. The van der Waals surface area contributed by atoms with Crippen molar-refractivity contribution in [1.29, 1.82) is 0 Å². The van der Waals surface area contributed by atoms with Crippen LogP contribution in [0.25, 0.3) is 0 Å². The van der Waals surface area contributed by atoms with Crippen molar-refractivity contribution in [3.8, 4) is 0 Å². The topological polar surface area (TPSA) is 112 Å². The standard InChI is InChI=1S/C11H11N5O3/c1-7-2-4-8(5-3-7)16(6-9(17)18)11(19)10-12-14-15-13-10/h2-5H,6H2,1H3,(H,17,18)(H,12,13,14,15). The highest BCUT2D eigenvalue weighted by atomic mass is 16.4. The van der Waals surface area contributed by atoms with Crippen LogP contribution in [0.5, 0.6) is 0 Å². The highest BCUT2D eigenvalue weighted by molar-refractivity contribution is 6.05. The number of anilines is 1. The first-order chi connectivity index (χ1) is 9.08. The number of tetrazole rings is 1. The van der Waals surface area contributed by atoms with E-state index in [9.17, 15) is 9.59 Å². The minimum Gasteiger partial charge on any atom is -0.480 e. The van der Waals surface area contributed by atoms with Crippen LogP contribution in [0.4, 0.5) is 5.69 Å². The highest BCUT2D eigenvalue weighted by Gasteiger charge is 2.23. The highest BCUT2D eigenvalue weighted by Crippen LogP contribution is 2.16. The number of carboxylic acids is 1. The number of aliphatic carboxylic acids is 1. The van der Waals surface area contributed by atoms with Crippen molar-refractivity contribution in [1.82, 2.24) is 20.6 Å². The quantitative estimate of drug-likeness (QED) is 0.815. The molecule has 0 bridgehead atoms. The summed E-state index contributed by atoms with van der Waals surface area (Å²) in [5.41, 5.74) is 1.47. The van der Waals surface area contributed by atoms with Crippen molar-refractivity contribution in [2.24, 2.45) is 0 Å². The summed E-state index contributed by atoms with van der Waals surface area (Å²) in [6.45, 7) is 1.42. The molecule has 0 radical (unpaired) electrons. The minimum atomic E-state index is -1.13. The number of hydrogen-bond donors (Lipinski definition) is 2. The van der Waals surface area contributed by atoms with Gasteiger partial charge in [0.05, 0.1) is 0 Å². The Morgan fingerprint density at radius 1 is 1.32 bits per heavy atom. The lowest BCUT2D eigenvalue weighted by atomic mass is 10.2. The molecule has 0 aliphatic carbocycles. The second-order valence-electron chi connectivity index (χ2n) is 3.86. The Bertz CT molecular complexity index is 579. The van der Waals surface area contributed by atoms with Crippen molar-refractivity contribution in [3.05, 3.63) is 35.7 Å². The molecule has 1 heterocycles. The van der Waals surface area contributed by atoms with Gasteiger partial charge in [-0.15, -0.1) is 10.2 Å². The molecular weight excluding hydrogens is 250 g/mol. The number of carbonyl (C=O) groups excluding carboxylic acids is 1. The zero-order valence-electron chi connectivity index (χ0n) is 10.1. The zero-order valence-corrected chi connectivity index (χ0v) is 10.1. The van der Waals surface area contributed by atoms with Gasteiger partial charge in [0.2, 0.25) is 0 Å². The van der Waals surface area contributed by atoms with E-state index in [2.05, 4.69) is 20.6 Å². The number of benzene rings is 1. The fourth-order valence-electron chi connectivity index (χ4n) is 1.51. The summed E-state index contributed by atoms with van der Waals surface area (Å²) in [6, 6.07) is 6.90. The average molecular weight is 261 g/mol. The molecule has 0 fully saturated rings. The molecule has 0 unspecified atom stereocenters. The van der Waals surface area contributed by atoms with Crippen LogP contribution in [-0.2, 0) is 4.79 Å². The van der Waals surface area contributed by atoms with E-state index in [4.69, 9.17) is 5.11 Å². The second kappa shape index (κ2) is 5.25. The first kappa shape index (κ1) is 12.7. The predicted molar refractivity (Wildman–Crippen MR) is 64.7 cm³/mol. The van der Waals surface area contributed by atoms with Gasteiger partial charge in [-0.3, -0.25) is 14.5 Å². The van der Waals surface area contributed by atoms with Gasteiger partial charge in [-0.1, -0.05) is 17.7 Å². The molecule has 2 rings (SSSR count). The van der Waals surface area contributed by atoms with Gasteiger partial charge in [-0.05, 0) is 24.3 Å². The van der Waals surface area contributed by atoms with E-state index in [-0.39, 0.29) is 5.82 Å². The lowest BCUT2D eigenvalue weighted by molar-refractivity contribution is -0.135. The normalized spacial score (nSPS) is 10.2. The first-order valence-corrected chi connectivity index (χ1v) is 5.41. The Labute approximate surface area is 108 Å². The summed E-state index contributed by atoms with van der Waals surface area (Å²) < 4.78 is 0. The number of rotatable bonds is 4. The van der Waals surface area contributed by atoms with Crippen molar-refractivity contribution >= 4 is 17.6 Å². The second-order valence-corrected chi connectivity index (χ2v) is 3.86. The SMILES string of the molecule is Cc1ccc(N(CC(=O)O)C(=O)c2nn[nH]n2)cc1. The number of nitrogens with zero attached hydrogens (tertiary/aromatic N) is 4. The van der Waals surface area contributed by atoms with Gasteiger partial charge in [-0.2, -0.15) is 5.21 Å². The molecule has 8 heteroatoms. The molecule has 0 saturated carbocycles. The van der Waals surface area contributed by atoms with Crippen LogP contribution in [0.3, 0.4) is 0 Å². The van der Waals surface area contributed by atoms with Crippen LogP contribution in [0.2, 0.25) is 0 Å². The van der Waals surface area contributed by atoms with E-state index in [1.165, 1.54) is 0 Å². The third-order valence-corrected chi connectivity index (χ3v) is 2.42. The van der Waals surface area contributed by atoms with Gasteiger partial charge in [0.25, 0.3) is 11.7 Å². The number of amides is 1. The van der Waals surface area contributed by atoms with E-state index in [0.717, 1.165) is 10.5 Å². The molecule has 2 aromatic rings. The van der Waals surface area contributed by atoms with E-state index in [1.54, 1.807) is 24.3 Å². The van der Waals surface area contributed by atoms with Crippen LogP contribution in [0.1, 0.15) is 16.2 Å². The Kier molecular flexibility index (Phi) is 3.51. The summed E-state index contributed by atoms with van der Waals surface area (Å²) >= 11 is 0. The lowest BCUT2D eigenvalue weighted by Gasteiger charge is -2.19.